The zero-order valence-electron chi connectivity index (χ0n) is 53.4. The van der Waals surface area contributed by atoms with Gasteiger partial charge in [-0.2, -0.15) is 26.3 Å². The Balaban J connectivity index is 0.000000245. The Labute approximate surface area is 561 Å². The maximum atomic E-state index is 13.8. The normalized spacial score (nSPS) is 24.4. The van der Waals surface area contributed by atoms with Gasteiger partial charge in [-0.3, -0.25) is 29.2 Å². The van der Waals surface area contributed by atoms with Crippen LogP contribution < -0.4 is 20.1 Å². The summed E-state index contributed by atoms with van der Waals surface area (Å²) in [6, 6.07) is 16.6. The molecule has 0 aromatic heterocycles. The maximum Gasteiger partial charge on any atom is 0.416 e. The van der Waals surface area contributed by atoms with Crippen molar-refractivity contribution in [1.29, 1.82) is 0 Å². The molecule has 4 aromatic carbocycles. The lowest BCUT2D eigenvalue weighted by molar-refractivity contribution is -0.138. The summed E-state index contributed by atoms with van der Waals surface area (Å²) in [6.45, 7) is 5.31. The van der Waals surface area contributed by atoms with Crippen molar-refractivity contribution >= 4 is 55.3 Å². The SMILES string of the molecule is C.Cc1cc2ccc1CCS(=O)(=O)N1CCC3(CC1)N=C(NC3=O)c1cc(cc(C(F)(F)F)c1)OCC/C=C/COCCN(CCO)C2=O.Cc1cc2ccc1CCS(=O)(=O)N1CCC3(CC1)N=C(NC3=O)c1cc(cc(C(F)(F)F)c1)OCCCCCOCCN(CCO)C2=O. The van der Waals surface area contributed by atoms with Gasteiger partial charge in [0.1, 0.15) is 34.2 Å². The van der Waals surface area contributed by atoms with E-state index in [0.29, 0.717) is 43.4 Å². The van der Waals surface area contributed by atoms with E-state index in [1.165, 1.54) is 30.5 Å². The Morgan fingerprint density at radius 2 is 0.959 bits per heavy atom. The minimum absolute atomic E-state index is 0. The highest BCUT2D eigenvalue weighted by Crippen LogP contribution is 2.39. The van der Waals surface area contributed by atoms with Crippen LogP contribution in [-0.4, -0.2) is 209 Å². The zero-order valence-corrected chi connectivity index (χ0v) is 55.1. The fourth-order valence-corrected chi connectivity index (χ4v) is 15.1. The first-order chi connectivity index (χ1) is 45.6. The molecule has 97 heavy (non-hydrogen) atoms. The molecular formula is C67H84F6N8O14S2. The van der Waals surface area contributed by atoms with Gasteiger partial charge in [-0.25, -0.2) is 25.4 Å². The minimum Gasteiger partial charge on any atom is -0.494 e. The number of carbonyl (C=O) groups excluding carboxylic acids is 4. The zero-order chi connectivity index (χ0) is 69.1. The van der Waals surface area contributed by atoms with Crippen LogP contribution in [-0.2, 0) is 64.3 Å². The van der Waals surface area contributed by atoms with Crippen molar-refractivity contribution in [2.24, 2.45) is 9.98 Å². The number of carbonyl (C=O) groups is 4. The second kappa shape index (κ2) is 32.6. The first-order valence-electron chi connectivity index (χ1n) is 31.9. The highest BCUT2D eigenvalue weighted by Gasteiger charge is 2.50. The number of nitrogens with one attached hydrogen (secondary N) is 2. The van der Waals surface area contributed by atoms with Gasteiger partial charge in [-0.05, 0) is 161 Å². The molecule has 0 saturated carbocycles. The third kappa shape index (κ3) is 19.1. The van der Waals surface area contributed by atoms with Crippen molar-refractivity contribution in [3.63, 3.8) is 0 Å². The van der Waals surface area contributed by atoms with E-state index in [0.717, 1.165) is 46.5 Å². The van der Waals surface area contributed by atoms with E-state index in [9.17, 15) is 72.6 Å². The van der Waals surface area contributed by atoms with Crippen LogP contribution in [0.3, 0.4) is 0 Å². The monoisotopic (exact) mass is 1400 g/mol. The van der Waals surface area contributed by atoms with Crippen LogP contribution in [0.2, 0.25) is 0 Å². The molecule has 0 radical (unpaired) electrons. The summed E-state index contributed by atoms with van der Waals surface area (Å²) < 4.78 is 162. The van der Waals surface area contributed by atoms with E-state index in [1.807, 2.05) is 6.92 Å². The van der Waals surface area contributed by atoms with Gasteiger partial charge >= 0.3 is 12.4 Å². The van der Waals surface area contributed by atoms with Gasteiger partial charge in [0.05, 0.1) is 68.9 Å². The molecule has 10 heterocycles. The molecule has 2 spiro atoms. The number of aliphatic imine (C=N–C) groups is 2. The van der Waals surface area contributed by atoms with Crippen molar-refractivity contribution in [2.45, 2.75) is 109 Å². The Kier molecular flexibility index (Phi) is 25.3. The quantitative estimate of drug-likeness (QED) is 0.118. The van der Waals surface area contributed by atoms with Gasteiger partial charge in [0.15, 0.2) is 0 Å². The first-order valence-corrected chi connectivity index (χ1v) is 35.1. The van der Waals surface area contributed by atoms with Crippen LogP contribution >= 0.6 is 0 Å². The largest absolute Gasteiger partial charge is 0.494 e. The number of fused-ring (bicyclic) bond motifs is 4. The van der Waals surface area contributed by atoms with Gasteiger partial charge in [-0.1, -0.05) is 31.7 Å². The lowest BCUT2D eigenvalue weighted by atomic mass is 9.89. The molecule has 2 saturated heterocycles. The molecule has 0 atom stereocenters. The molecule has 30 heteroatoms. The molecule has 10 aliphatic rings. The number of nitrogens with zero attached hydrogens (tertiary/aromatic N) is 6. The van der Waals surface area contributed by atoms with E-state index in [2.05, 4.69) is 20.6 Å². The number of aliphatic hydroxyl groups is 2. The van der Waals surface area contributed by atoms with Crippen LogP contribution in [0.1, 0.15) is 124 Å². The third-order valence-electron chi connectivity index (χ3n) is 17.8. The Hall–Kier alpha value is -7.32. The summed E-state index contributed by atoms with van der Waals surface area (Å²) in [4.78, 5) is 64.8. The number of halogens is 6. The molecule has 2 fully saturated rings. The van der Waals surface area contributed by atoms with E-state index in [4.69, 9.17) is 18.9 Å². The number of alkyl halides is 6. The lowest BCUT2D eigenvalue weighted by Gasteiger charge is -2.34. The Bertz CT molecular complexity index is 3800. The summed E-state index contributed by atoms with van der Waals surface area (Å²) in [5, 5.41) is 24.3. The standard InChI is InChI=1S/C33H41F3N4O7S.C33H39F3N4O7S.CH4/c2*1-23-19-25-6-5-24(23)7-18-48(44,45)40-10-8-32(9-11-40)31(43)37-29(38-32)26-20-27(33(34,35)36)22-28(21-26)47-16-4-2-3-15-46-17-13-39(12-14-41)30(25)42;/h5-6,19-22,41H,2-4,7-18H2,1H3,(H,37,38,43);2-3,5-6,19-22,41H,4,7-18H2,1H3,(H,37,38,43);1H4/b;3-2+;. The van der Waals surface area contributed by atoms with Crippen LogP contribution in [0.15, 0.2) is 94.9 Å². The molecule has 0 aliphatic carbocycles. The Morgan fingerprint density at radius 1 is 0.526 bits per heavy atom. The van der Waals surface area contributed by atoms with Gasteiger partial charge < -0.3 is 49.6 Å². The fourth-order valence-electron chi connectivity index (χ4n) is 12.1. The molecule has 4 aromatic rings. The number of aliphatic hydroxyl groups excluding tert-OH is 2. The molecule has 10 aliphatic heterocycles. The van der Waals surface area contributed by atoms with Gasteiger partial charge in [0, 0.05) is 81.2 Å². The van der Waals surface area contributed by atoms with Crippen LogP contribution in [0.4, 0.5) is 26.3 Å². The number of rotatable bonds is 4. The number of ether oxygens (including phenoxy) is 4. The molecular weight excluding hydrogens is 1320 g/mol. The Morgan fingerprint density at radius 3 is 1.39 bits per heavy atom. The number of amides is 4. The van der Waals surface area contributed by atoms with Gasteiger partial charge in [0.2, 0.25) is 20.0 Å². The maximum absolute atomic E-state index is 13.8. The molecule has 14 bridgehead atoms. The number of benzene rings is 4. The average Bonchev–Trinajstić information content (AvgIpc) is 1.61. The number of amidine groups is 2. The predicted octanol–water partition coefficient (Wildman–Crippen LogP) is 7.03. The van der Waals surface area contributed by atoms with Crippen molar-refractivity contribution in [3.05, 3.63) is 141 Å². The summed E-state index contributed by atoms with van der Waals surface area (Å²) in [6.07, 6.45) is -2.84. The van der Waals surface area contributed by atoms with E-state index in [1.54, 1.807) is 55.5 Å². The van der Waals surface area contributed by atoms with Crippen LogP contribution in [0, 0.1) is 13.8 Å². The van der Waals surface area contributed by atoms with Crippen molar-refractivity contribution < 1.29 is 91.5 Å². The number of aryl methyl sites for hydroxylation is 4. The smallest absolute Gasteiger partial charge is 0.416 e. The first kappa shape index (κ1) is 75.5. The summed E-state index contributed by atoms with van der Waals surface area (Å²) >= 11 is 0. The average molecular weight is 1400 g/mol. The molecule has 22 nitrogen and oxygen atoms in total. The molecule has 14 rings (SSSR count). The minimum atomic E-state index is -4.68. The topological polar surface area (TPSA) is 276 Å². The van der Waals surface area contributed by atoms with Gasteiger partial charge in [-0.15, -0.1) is 0 Å². The highest BCUT2D eigenvalue weighted by atomic mass is 32.2. The molecule has 4 amide bonds. The fraction of sp³-hybridized carbons (Fsp3) is 0.522. The molecule has 530 valence electrons. The van der Waals surface area contributed by atoms with Crippen molar-refractivity contribution in [3.8, 4) is 11.5 Å². The number of piperidine rings is 2. The number of hydrogen-bond acceptors (Lipinski definition) is 16. The van der Waals surface area contributed by atoms with E-state index in [-0.39, 0.29) is 202 Å². The second-order valence-corrected chi connectivity index (χ2v) is 28.5. The van der Waals surface area contributed by atoms with Gasteiger partial charge in [0.25, 0.3) is 23.6 Å². The molecule has 0 unspecified atom stereocenters. The summed E-state index contributed by atoms with van der Waals surface area (Å²) in [5.41, 5.74) is -0.503. The summed E-state index contributed by atoms with van der Waals surface area (Å²) in [5.74, 6) is -1.98. The number of hydrogen-bond donors (Lipinski definition) is 4. The van der Waals surface area contributed by atoms with Crippen LogP contribution in [0.25, 0.3) is 0 Å². The summed E-state index contributed by atoms with van der Waals surface area (Å²) in [7, 11) is -7.45. The predicted molar refractivity (Wildman–Crippen MR) is 350 cm³/mol. The van der Waals surface area contributed by atoms with Crippen LogP contribution in [0.5, 0.6) is 11.5 Å². The van der Waals surface area contributed by atoms with E-state index < -0.39 is 66.4 Å². The highest BCUT2D eigenvalue weighted by molar-refractivity contribution is 7.89. The third-order valence-corrected chi connectivity index (χ3v) is 21.5. The lowest BCUT2D eigenvalue weighted by Crippen LogP contribution is -2.50. The van der Waals surface area contributed by atoms with Crippen molar-refractivity contribution in [2.75, 3.05) is 117 Å². The van der Waals surface area contributed by atoms with E-state index >= 15 is 0 Å². The van der Waals surface area contributed by atoms with Crippen molar-refractivity contribution in [1.82, 2.24) is 29.0 Å². The second-order valence-electron chi connectivity index (χ2n) is 24.3. The number of sulfonamides is 2. The molecule has 4 N–H and O–H groups in total.